The summed E-state index contributed by atoms with van der Waals surface area (Å²) in [5.41, 5.74) is 0. The number of cyclic esters (lactones) is 1. The maximum atomic E-state index is 11.5. The molecule has 1 saturated heterocycles. The van der Waals surface area contributed by atoms with E-state index in [0.29, 0.717) is 6.04 Å². The fourth-order valence-corrected chi connectivity index (χ4v) is 3.84. The van der Waals surface area contributed by atoms with Gasteiger partial charge in [0.05, 0.1) is 0 Å². The Bertz CT molecular complexity index is 433. The Morgan fingerprint density at radius 3 is 2.94 bits per heavy atom. The first-order valence-corrected chi connectivity index (χ1v) is 7.37. The van der Waals surface area contributed by atoms with Gasteiger partial charge in [-0.05, 0) is 19.8 Å². The summed E-state index contributed by atoms with van der Waals surface area (Å²) in [6.45, 7) is 1.92. The molecule has 0 unspecified atom stereocenters. The zero-order chi connectivity index (χ0) is 11.8. The molecule has 0 radical (unpaired) electrons. The molecule has 1 aliphatic heterocycles. The van der Waals surface area contributed by atoms with E-state index in [2.05, 4.69) is 15.5 Å². The summed E-state index contributed by atoms with van der Waals surface area (Å²) in [5, 5.41) is 12.2. The summed E-state index contributed by atoms with van der Waals surface area (Å²) in [6, 6.07) is 0.581. The van der Waals surface area contributed by atoms with Crippen LogP contribution in [0.25, 0.3) is 0 Å². The molecule has 2 fully saturated rings. The maximum Gasteiger partial charge on any atom is 0.319 e. The first-order valence-electron chi connectivity index (χ1n) is 5.68. The molecule has 92 valence electrons. The summed E-state index contributed by atoms with van der Waals surface area (Å²) in [7, 11) is 0. The predicted octanol–water partition coefficient (Wildman–Crippen LogP) is 1.91. The zero-order valence-electron chi connectivity index (χ0n) is 9.38. The van der Waals surface area contributed by atoms with Crippen molar-refractivity contribution in [3.05, 3.63) is 0 Å². The minimum absolute atomic E-state index is 0.0250. The van der Waals surface area contributed by atoms with Crippen LogP contribution in [0.2, 0.25) is 0 Å². The van der Waals surface area contributed by atoms with E-state index < -0.39 is 0 Å². The number of nitrogens with one attached hydrogen (secondary N) is 1. The number of ether oxygens (including phenoxy) is 1. The average molecular weight is 271 g/mol. The summed E-state index contributed by atoms with van der Waals surface area (Å²) in [6.07, 6.45) is 3.22. The Labute approximate surface area is 107 Å². The van der Waals surface area contributed by atoms with Gasteiger partial charge in [-0.2, -0.15) is 0 Å². The lowest BCUT2D eigenvalue weighted by molar-refractivity contribution is -0.140. The van der Waals surface area contributed by atoms with Crippen LogP contribution in [0.1, 0.15) is 26.2 Å². The lowest BCUT2D eigenvalue weighted by Gasteiger charge is -1.99. The molecule has 2 heterocycles. The SMILES string of the molecule is C[C@H]1C[C@H](Sc2nnc(NC3CC3)s2)C(=O)O1. The Hall–Kier alpha value is -0.820. The van der Waals surface area contributed by atoms with Gasteiger partial charge in [-0.15, -0.1) is 10.2 Å². The summed E-state index contributed by atoms with van der Waals surface area (Å²) >= 11 is 2.97. The van der Waals surface area contributed by atoms with Gasteiger partial charge in [0.2, 0.25) is 5.13 Å². The number of thioether (sulfide) groups is 1. The van der Waals surface area contributed by atoms with Crippen LogP contribution in [-0.2, 0) is 9.53 Å². The van der Waals surface area contributed by atoms with Gasteiger partial charge in [-0.25, -0.2) is 0 Å². The number of hydrogen-bond donors (Lipinski definition) is 1. The second kappa shape index (κ2) is 4.45. The molecule has 5 nitrogen and oxygen atoms in total. The van der Waals surface area contributed by atoms with Crippen molar-refractivity contribution in [2.24, 2.45) is 0 Å². The quantitative estimate of drug-likeness (QED) is 0.844. The third kappa shape index (κ3) is 2.71. The maximum absolute atomic E-state index is 11.5. The third-order valence-corrected chi connectivity index (χ3v) is 4.82. The lowest BCUT2D eigenvalue weighted by atomic mass is 10.3. The van der Waals surface area contributed by atoms with Crippen LogP contribution < -0.4 is 5.32 Å². The standard InChI is InChI=1S/C10H13N3O2S2/c1-5-4-7(8(14)15-5)16-10-13-12-9(17-10)11-6-2-3-6/h5-7H,2-4H2,1H3,(H,11,12)/t5-,7-/m0/s1. The van der Waals surface area contributed by atoms with Gasteiger partial charge >= 0.3 is 5.97 Å². The molecule has 1 aromatic heterocycles. The first kappa shape index (κ1) is 11.3. The van der Waals surface area contributed by atoms with Gasteiger partial charge in [0.25, 0.3) is 0 Å². The number of rotatable bonds is 4. The Balaban J connectivity index is 1.60. The fraction of sp³-hybridized carbons (Fsp3) is 0.700. The normalized spacial score (nSPS) is 28.2. The molecule has 0 aromatic carbocycles. The molecule has 1 N–H and O–H groups in total. The Morgan fingerprint density at radius 2 is 2.29 bits per heavy atom. The van der Waals surface area contributed by atoms with Gasteiger partial charge in [-0.3, -0.25) is 4.79 Å². The smallest absolute Gasteiger partial charge is 0.319 e. The number of carbonyl (C=O) groups excluding carboxylic acids is 1. The van der Waals surface area contributed by atoms with Gasteiger partial charge in [0.15, 0.2) is 4.34 Å². The number of esters is 1. The highest BCUT2D eigenvalue weighted by Crippen LogP contribution is 2.36. The molecule has 2 aliphatic rings. The average Bonchev–Trinajstić information content (AvgIpc) is 2.88. The van der Waals surface area contributed by atoms with Crippen LogP contribution in [0.5, 0.6) is 0 Å². The third-order valence-electron chi connectivity index (χ3n) is 2.68. The number of carbonyl (C=O) groups is 1. The number of nitrogens with zero attached hydrogens (tertiary/aromatic N) is 2. The summed E-state index contributed by atoms with van der Waals surface area (Å²) in [5.74, 6) is -0.130. The van der Waals surface area contributed by atoms with Crippen LogP contribution in [0, 0.1) is 0 Å². The molecular weight excluding hydrogens is 258 g/mol. The molecule has 0 bridgehead atoms. The summed E-state index contributed by atoms with van der Waals surface area (Å²) in [4.78, 5) is 11.5. The molecule has 0 spiro atoms. The van der Waals surface area contributed by atoms with Crippen molar-refractivity contribution in [2.75, 3.05) is 5.32 Å². The molecule has 0 amide bonds. The van der Waals surface area contributed by atoms with Gasteiger partial charge in [0.1, 0.15) is 11.4 Å². The monoisotopic (exact) mass is 271 g/mol. The van der Waals surface area contributed by atoms with E-state index in [9.17, 15) is 4.79 Å². The lowest BCUT2D eigenvalue weighted by Crippen LogP contribution is -2.08. The Kier molecular flexibility index (Phi) is 2.96. The van der Waals surface area contributed by atoms with Crippen molar-refractivity contribution >= 4 is 34.2 Å². The van der Waals surface area contributed by atoms with E-state index in [1.807, 2.05) is 6.92 Å². The molecule has 2 atom stereocenters. The molecule has 7 heteroatoms. The minimum Gasteiger partial charge on any atom is -0.462 e. The van der Waals surface area contributed by atoms with Gasteiger partial charge < -0.3 is 10.1 Å². The van der Waals surface area contributed by atoms with Crippen LogP contribution in [0.15, 0.2) is 4.34 Å². The second-order valence-corrected chi connectivity index (χ2v) is 6.81. The summed E-state index contributed by atoms with van der Waals surface area (Å²) < 4.78 is 5.95. The number of aromatic nitrogens is 2. The van der Waals surface area contributed by atoms with Crippen LogP contribution in [0.4, 0.5) is 5.13 Å². The van der Waals surface area contributed by atoms with Crippen molar-refractivity contribution in [3.8, 4) is 0 Å². The first-order chi connectivity index (χ1) is 8.20. The number of anilines is 1. The molecule has 3 rings (SSSR count). The van der Waals surface area contributed by atoms with E-state index in [0.717, 1.165) is 15.9 Å². The molecular formula is C10H13N3O2S2. The van der Waals surface area contributed by atoms with Crippen LogP contribution >= 0.6 is 23.1 Å². The highest BCUT2D eigenvalue weighted by atomic mass is 32.2. The van der Waals surface area contributed by atoms with Crippen molar-refractivity contribution in [3.63, 3.8) is 0 Å². The van der Waals surface area contributed by atoms with Crippen molar-refractivity contribution in [2.45, 2.75) is 47.9 Å². The zero-order valence-corrected chi connectivity index (χ0v) is 11.0. The Morgan fingerprint density at radius 1 is 1.47 bits per heavy atom. The van der Waals surface area contributed by atoms with Gasteiger partial charge in [0, 0.05) is 12.5 Å². The van der Waals surface area contributed by atoms with Crippen molar-refractivity contribution in [1.29, 1.82) is 0 Å². The second-order valence-electron chi connectivity index (χ2n) is 4.38. The van der Waals surface area contributed by atoms with E-state index >= 15 is 0 Å². The van der Waals surface area contributed by atoms with Crippen LogP contribution in [-0.4, -0.2) is 33.6 Å². The fourth-order valence-electron chi connectivity index (χ4n) is 1.66. The van der Waals surface area contributed by atoms with Crippen molar-refractivity contribution < 1.29 is 9.53 Å². The largest absolute Gasteiger partial charge is 0.462 e. The van der Waals surface area contributed by atoms with E-state index in [-0.39, 0.29) is 17.3 Å². The predicted molar refractivity (Wildman–Crippen MR) is 66.4 cm³/mol. The highest BCUT2D eigenvalue weighted by molar-refractivity contribution is 8.02. The topological polar surface area (TPSA) is 64.1 Å². The molecule has 1 aromatic rings. The van der Waals surface area contributed by atoms with E-state index in [4.69, 9.17) is 4.74 Å². The number of hydrogen-bond acceptors (Lipinski definition) is 7. The molecule has 1 saturated carbocycles. The molecule has 17 heavy (non-hydrogen) atoms. The van der Waals surface area contributed by atoms with Crippen LogP contribution in [0.3, 0.4) is 0 Å². The van der Waals surface area contributed by atoms with Gasteiger partial charge in [-0.1, -0.05) is 23.1 Å². The minimum atomic E-state index is -0.130. The van der Waals surface area contributed by atoms with Crippen molar-refractivity contribution in [1.82, 2.24) is 10.2 Å². The molecule has 1 aliphatic carbocycles. The van der Waals surface area contributed by atoms with E-state index in [1.165, 1.54) is 35.9 Å². The van der Waals surface area contributed by atoms with E-state index in [1.54, 1.807) is 0 Å². The highest BCUT2D eigenvalue weighted by Gasteiger charge is 2.33.